The number of phenols is 1. The Balaban J connectivity index is 1.59. The second-order valence-electron chi connectivity index (χ2n) is 6.97. The van der Waals surface area contributed by atoms with Crippen LogP contribution in [0.15, 0.2) is 103 Å². The van der Waals surface area contributed by atoms with Crippen LogP contribution in [-0.4, -0.2) is 30.5 Å². The molecule has 0 aliphatic heterocycles. The fourth-order valence-corrected chi connectivity index (χ4v) is 3.41. The molecule has 5 aromatic rings. The maximum atomic E-state index is 10.2. The third-order valence-corrected chi connectivity index (χ3v) is 4.89. The number of pyridine rings is 1. The first-order valence-electron chi connectivity index (χ1n) is 10.0. The van der Waals surface area contributed by atoms with Crippen molar-refractivity contribution in [3.8, 4) is 28.5 Å². The molecule has 0 radical (unpaired) electrons. The highest BCUT2D eigenvalue weighted by Crippen LogP contribution is 2.34. The number of hydrogen-bond donors (Lipinski definition) is 1. The minimum absolute atomic E-state index is 0.0885. The summed E-state index contributed by atoms with van der Waals surface area (Å²) in [7, 11) is 0. The molecule has 0 atom stereocenters. The minimum Gasteiger partial charge on any atom is -0.507 e. The quantitative estimate of drug-likeness (QED) is 0.421. The predicted molar refractivity (Wildman–Crippen MR) is 123 cm³/mol. The van der Waals surface area contributed by atoms with E-state index in [2.05, 4.69) is 30.3 Å². The summed E-state index contributed by atoms with van der Waals surface area (Å²) in [6.45, 7) is 0. The predicted octanol–water partition coefficient (Wildman–Crippen LogP) is 5.17. The van der Waals surface area contributed by atoms with E-state index >= 15 is 0 Å². The van der Waals surface area contributed by atoms with Crippen molar-refractivity contribution in [2.24, 2.45) is 0 Å². The van der Waals surface area contributed by atoms with Gasteiger partial charge < -0.3 is 5.11 Å². The topological polar surface area (TPSA) is 87.9 Å². The fraction of sp³-hybridized carbons (Fsp3) is 0. The standard InChI is InChI=1S/C25H18N6O/c32-22-14-5-4-13-21(22)25-27-24(28-30-29-25)18-9-8-12-20(17-18)31(19-10-2-1-3-11-19)23-15-6-7-16-26-23/h1-17,32H. The van der Waals surface area contributed by atoms with Crippen LogP contribution in [0.1, 0.15) is 0 Å². The Kier molecular flexibility index (Phi) is 5.20. The van der Waals surface area contributed by atoms with Gasteiger partial charge in [0, 0.05) is 23.1 Å². The molecule has 7 heteroatoms. The minimum atomic E-state index is 0.0885. The molecule has 1 N–H and O–H groups in total. The van der Waals surface area contributed by atoms with Crippen molar-refractivity contribution in [1.29, 1.82) is 0 Å². The Morgan fingerprint density at radius 2 is 1.41 bits per heavy atom. The molecule has 0 saturated heterocycles. The Hall–Kier alpha value is -4.65. The van der Waals surface area contributed by atoms with Crippen LogP contribution >= 0.6 is 0 Å². The van der Waals surface area contributed by atoms with Gasteiger partial charge in [-0.3, -0.25) is 4.90 Å². The molecule has 0 bridgehead atoms. The van der Waals surface area contributed by atoms with Gasteiger partial charge in [-0.15, -0.1) is 10.2 Å². The second kappa shape index (κ2) is 8.61. The van der Waals surface area contributed by atoms with E-state index in [1.54, 1.807) is 24.4 Å². The molecule has 154 valence electrons. The van der Waals surface area contributed by atoms with E-state index < -0.39 is 0 Å². The second-order valence-corrected chi connectivity index (χ2v) is 6.97. The van der Waals surface area contributed by atoms with Gasteiger partial charge in [-0.05, 0) is 53.7 Å². The van der Waals surface area contributed by atoms with Crippen LogP contribution in [0.3, 0.4) is 0 Å². The van der Waals surface area contributed by atoms with E-state index in [0.29, 0.717) is 17.2 Å². The average molecular weight is 418 g/mol. The summed E-state index contributed by atoms with van der Waals surface area (Å²) in [5.74, 6) is 1.60. The molecule has 0 amide bonds. The van der Waals surface area contributed by atoms with Crippen molar-refractivity contribution in [2.45, 2.75) is 0 Å². The molecular formula is C25H18N6O. The Bertz CT molecular complexity index is 1310. The summed E-state index contributed by atoms with van der Waals surface area (Å²) in [6.07, 6.45) is 1.77. The summed E-state index contributed by atoms with van der Waals surface area (Å²) in [6, 6.07) is 30.5. The molecule has 32 heavy (non-hydrogen) atoms. The largest absolute Gasteiger partial charge is 0.507 e. The fourth-order valence-electron chi connectivity index (χ4n) is 3.41. The van der Waals surface area contributed by atoms with Gasteiger partial charge in [-0.25, -0.2) is 9.97 Å². The van der Waals surface area contributed by atoms with Crippen molar-refractivity contribution in [3.63, 3.8) is 0 Å². The summed E-state index contributed by atoms with van der Waals surface area (Å²) in [4.78, 5) is 11.1. The van der Waals surface area contributed by atoms with Crippen LogP contribution in [0.25, 0.3) is 22.8 Å². The number of rotatable bonds is 5. The number of aromatic hydroxyl groups is 1. The number of phenolic OH excluding ortho intramolecular Hbond substituents is 1. The lowest BCUT2D eigenvalue weighted by atomic mass is 10.1. The summed E-state index contributed by atoms with van der Waals surface area (Å²) in [5, 5.41) is 22.1. The zero-order valence-electron chi connectivity index (χ0n) is 16.9. The zero-order chi connectivity index (χ0) is 21.8. The molecule has 0 fully saturated rings. The first kappa shape index (κ1) is 19.3. The molecule has 5 rings (SSSR count). The lowest BCUT2D eigenvalue weighted by molar-refractivity contribution is 0.476. The highest BCUT2D eigenvalue weighted by Gasteiger charge is 2.15. The number of aromatic nitrogens is 5. The van der Waals surface area contributed by atoms with Gasteiger partial charge in [0.1, 0.15) is 11.6 Å². The van der Waals surface area contributed by atoms with E-state index in [1.165, 1.54) is 0 Å². The molecule has 2 aromatic heterocycles. The summed E-state index contributed by atoms with van der Waals surface area (Å²) in [5.41, 5.74) is 3.15. The van der Waals surface area contributed by atoms with Crippen LogP contribution < -0.4 is 4.90 Å². The monoisotopic (exact) mass is 418 g/mol. The molecule has 0 aliphatic carbocycles. The van der Waals surface area contributed by atoms with E-state index in [0.717, 1.165) is 22.8 Å². The average Bonchev–Trinajstić information content (AvgIpc) is 2.86. The number of anilines is 3. The van der Waals surface area contributed by atoms with Gasteiger partial charge in [-0.1, -0.05) is 48.5 Å². The van der Waals surface area contributed by atoms with Crippen molar-refractivity contribution < 1.29 is 5.11 Å². The molecule has 0 aliphatic rings. The molecule has 0 unspecified atom stereocenters. The van der Waals surface area contributed by atoms with E-state index in [-0.39, 0.29) is 5.75 Å². The number of benzene rings is 3. The Labute approximate surface area is 184 Å². The van der Waals surface area contributed by atoms with Crippen LogP contribution in [0.5, 0.6) is 5.75 Å². The van der Waals surface area contributed by atoms with Crippen LogP contribution in [0.4, 0.5) is 17.2 Å². The highest BCUT2D eigenvalue weighted by molar-refractivity contribution is 5.77. The highest BCUT2D eigenvalue weighted by atomic mass is 16.3. The third-order valence-electron chi connectivity index (χ3n) is 4.89. The van der Waals surface area contributed by atoms with E-state index in [4.69, 9.17) is 0 Å². The lowest BCUT2D eigenvalue weighted by Crippen LogP contribution is -2.11. The lowest BCUT2D eigenvalue weighted by Gasteiger charge is -2.24. The zero-order valence-corrected chi connectivity index (χ0v) is 16.9. The number of para-hydroxylation sites is 2. The first-order valence-corrected chi connectivity index (χ1v) is 10.0. The molecule has 7 nitrogen and oxygen atoms in total. The molecule has 2 heterocycles. The van der Waals surface area contributed by atoms with Gasteiger partial charge in [0.2, 0.25) is 0 Å². The Morgan fingerprint density at radius 3 is 2.22 bits per heavy atom. The number of nitrogens with zero attached hydrogens (tertiary/aromatic N) is 6. The van der Waals surface area contributed by atoms with Crippen LogP contribution in [0, 0.1) is 0 Å². The SMILES string of the molecule is Oc1ccccc1-c1nnnc(-c2cccc(N(c3ccccc3)c3ccccn3)c2)n1. The van der Waals surface area contributed by atoms with Crippen molar-refractivity contribution >= 4 is 17.2 Å². The van der Waals surface area contributed by atoms with Gasteiger partial charge >= 0.3 is 0 Å². The van der Waals surface area contributed by atoms with Gasteiger partial charge in [0.05, 0.1) is 5.56 Å². The third kappa shape index (κ3) is 3.87. The maximum Gasteiger partial charge on any atom is 0.189 e. The van der Waals surface area contributed by atoms with Gasteiger partial charge in [0.15, 0.2) is 11.6 Å². The smallest absolute Gasteiger partial charge is 0.189 e. The maximum absolute atomic E-state index is 10.2. The molecular weight excluding hydrogens is 400 g/mol. The Morgan fingerprint density at radius 1 is 0.656 bits per heavy atom. The van der Waals surface area contributed by atoms with Crippen LogP contribution in [0.2, 0.25) is 0 Å². The van der Waals surface area contributed by atoms with Crippen molar-refractivity contribution in [1.82, 2.24) is 25.4 Å². The normalized spacial score (nSPS) is 10.6. The summed E-state index contributed by atoms with van der Waals surface area (Å²) >= 11 is 0. The van der Waals surface area contributed by atoms with E-state index in [1.807, 2.05) is 78.9 Å². The van der Waals surface area contributed by atoms with Gasteiger partial charge in [-0.2, -0.15) is 0 Å². The number of hydrogen-bond acceptors (Lipinski definition) is 7. The van der Waals surface area contributed by atoms with E-state index in [9.17, 15) is 5.11 Å². The van der Waals surface area contributed by atoms with Crippen LogP contribution in [-0.2, 0) is 0 Å². The molecule has 3 aromatic carbocycles. The van der Waals surface area contributed by atoms with Crippen molar-refractivity contribution in [2.75, 3.05) is 4.90 Å². The molecule has 0 saturated carbocycles. The van der Waals surface area contributed by atoms with Crippen molar-refractivity contribution in [3.05, 3.63) is 103 Å². The molecule has 0 spiro atoms. The first-order chi connectivity index (χ1) is 15.8. The van der Waals surface area contributed by atoms with Gasteiger partial charge in [0.25, 0.3) is 0 Å². The summed E-state index contributed by atoms with van der Waals surface area (Å²) < 4.78 is 0.